The number of anilines is 1. The Morgan fingerprint density at radius 1 is 1.30 bits per heavy atom. The molecule has 9 heteroatoms. The van der Waals surface area contributed by atoms with Gasteiger partial charge in [0.25, 0.3) is 5.91 Å². The number of carbonyl (C=O) groups excluding carboxylic acids is 1. The lowest BCUT2D eigenvalue weighted by Gasteiger charge is -2.27. The van der Waals surface area contributed by atoms with Crippen molar-refractivity contribution >= 4 is 44.2 Å². The molecule has 0 bridgehead atoms. The lowest BCUT2D eigenvalue weighted by molar-refractivity contribution is 0.0376. The van der Waals surface area contributed by atoms with E-state index in [0.717, 1.165) is 49.5 Å². The van der Waals surface area contributed by atoms with E-state index in [1.165, 1.54) is 11.3 Å². The minimum absolute atomic E-state index is 0.133. The molecule has 0 unspecified atom stereocenters. The molecule has 0 aliphatic carbocycles. The van der Waals surface area contributed by atoms with Gasteiger partial charge in [-0.25, -0.2) is 4.98 Å². The zero-order valence-electron chi connectivity index (χ0n) is 17.3. The highest BCUT2D eigenvalue weighted by Gasteiger charge is 2.24. The summed E-state index contributed by atoms with van der Waals surface area (Å²) in [6.07, 6.45) is 2.69. The molecule has 1 saturated heterocycles. The fourth-order valence-corrected chi connectivity index (χ4v) is 4.75. The Kier molecular flexibility index (Phi) is 6.67. The number of fused-ring (bicyclic) bond motifs is 1. The molecule has 0 saturated carbocycles. The van der Waals surface area contributed by atoms with Gasteiger partial charge in [-0.15, -0.1) is 0 Å². The van der Waals surface area contributed by atoms with Gasteiger partial charge in [-0.3, -0.25) is 19.3 Å². The van der Waals surface area contributed by atoms with Crippen LogP contribution in [0, 0.1) is 0 Å². The summed E-state index contributed by atoms with van der Waals surface area (Å²) in [6, 6.07) is 7.68. The summed E-state index contributed by atoms with van der Waals surface area (Å²) >= 11 is 7.81. The van der Waals surface area contributed by atoms with Gasteiger partial charge in [0.05, 0.1) is 22.9 Å². The largest absolute Gasteiger partial charge is 0.379 e. The quantitative estimate of drug-likeness (QED) is 0.545. The summed E-state index contributed by atoms with van der Waals surface area (Å²) in [6.45, 7) is 8.97. The van der Waals surface area contributed by atoms with Gasteiger partial charge < -0.3 is 4.74 Å². The van der Waals surface area contributed by atoms with Crippen molar-refractivity contribution in [1.29, 1.82) is 0 Å². The molecular formula is C21H26ClN5O2S. The number of benzene rings is 1. The Bertz CT molecular complexity index is 1010. The maximum absolute atomic E-state index is 13.4. The van der Waals surface area contributed by atoms with Crippen molar-refractivity contribution in [2.45, 2.75) is 26.3 Å². The molecule has 0 radical (unpaired) electrons. The molecule has 2 aromatic heterocycles. The van der Waals surface area contributed by atoms with Crippen LogP contribution < -0.4 is 4.90 Å². The summed E-state index contributed by atoms with van der Waals surface area (Å²) in [5, 5.41) is 5.73. The number of aromatic nitrogens is 3. The van der Waals surface area contributed by atoms with Gasteiger partial charge in [0.2, 0.25) is 0 Å². The smallest absolute Gasteiger partial charge is 0.280 e. The van der Waals surface area contributed by atoms with E-state index >= 15 is 0 Å². The average molecular weight is 448 g/mol. The first-order valence-electron chi connectivity index (χ1n) is 10.2. The fourth-order valence-electron chi connectivity index (χ4n) is 3.46. The highest BCUT2D eigenvalue weighted by atomic mass is 35.5. The third kappa shape index (κ3) is 4.67. The molecule has 7 nitrogen and oxygen atoms in total. The van der Waals surface area contributed by atoms with Gasteiger partial charge in [0.1, 0.15) is 5.52 Å². The fraction of sp³-hybridized carbons (Fsp3) is 0.476. The Balaban J connectivity index is 1.57. The van der Waals surface area contributed by atoms with Crippen molar-refractivity contribution in [1.82, 2.24) is 19.7 Å². The maximum atomic E-state index is 13.4. The third-order valence-corrected chi connectivity index (χ3v) is 6.50. The zero-order chi connectivity index (χ0) is 21.1. The van der Waals surface area contributed by atoms with Gasteiger partial charge in [-0.05, 0) is 38.5 Å². The van der Waals surface area contributed by atoms with E-state index in [9.17, 15) is 4.79 Å². The highest BCUT2D eigenvalue weighted by molar-refractivity contribution is 7.22. The number of thiazole rings is 1. The van der Waals surface area contributed by atoms with Crippen molar-refractivity contribution in [2.75, 3.05) is 44.3 Å². The molecule has 3 aromatic rings. The number of carbonyl (C=O) groups is 1. The van der Waals surface area contributed by atoms with Crippen molar-refractivity contribution < 1.29 is 9.53 Å². The maximum Gasteiger partial charge on any atom is 0.280 e. The Morgan fingerprint density at radius 2 is 2.10 bits per heavy atom. The van der Waals surface area contributed by atoms with Gasteiger partial charge >= 0.3 is 0 Å². The number of rotatable bonds is 7. The van der Waals surface area contributed by atoms with Crippen LogP contribution in [0.15, 0.2) is 30.5 Å². The summed E-state index contributed by atoms with van der Waals surface area (Å²) in [7, 11) is 0. The molecule has 1 aromatic carbocycles. The molecular weight excluding hydrogens is 422 g/mol. The Morgan fingerprint density at radius 3 is 2.80 bits per heavy atom. The third-order valence-electron chi connectivity index (χ3n) is 5.15. The molecule has 160 valence electrons. The minimum Gasteiger partial charge on any atom is -0.379 e. The number of hydrogen-bond acceptors (Lipinski definition) is 6. The zero-order valence-corrected chi connectivity index (χ0v) is 18.8. The predicted octanol–water partition coefficient (Wildman–Crippen LogP) is 4.10. The number of nitrogens with zero attached hydrogens (tertiary/aromatic N) is 5. The lowest BCUT2D eigenvalue weighted by atomic mass is 10.3. The van der Waals surface area contributed by atoms with E-state index in [1.807, 2.05) is 38.2 Å². The van der Waals surface area contributed by atoms with Crippen molar-refractivity contribution in [3.05, 3.63) is 41.2 Å². The van der Waals surface area contributed by atoms with Crippen LogP contribution in [0.2, 0.25) is 5.02 Å². The van der Waals surface area contributed by atoms with E-state index in [4.69, 9.17) is 16.3 Å². The second-order valence-corrected chi connectivity index (χ2v) is 9.04. The van der Waals surface area contributed by atoms with Crippen LogP contribution in [0.4, 0.5) is 5.13 Å². The van der Waals surface area contributed by atoms with Crippen LogP contribution in [0.25, 0.3) is 10.2 Å². The molecule has 1 fully saturated rings. The van der Waals surface area contributed by atoms with Crippen molar-refractivity contribution in [3.8, 4) is 0 Å². The van der Waals surface area contributed by atoms with Crippen LogP contribution in [-0.4, -0.2) is 65.0 Å². The lowest BCUT2D eigenvalue weighted by Crippen LogP contribution is -2.39. The van der Waals surface area contributed by atoms with Crippen LogP contribution in [-0.2, 0) is 4.74 Å². The van der Waals surface area contributed by atoms with Crippen LogP contribution in [0.3, 0.4) is 0 Å². The van der Waals surface area contributed by atoms with Crippen LogP contribution in [0.1, 0.15) is 36.8 Å². The first-order chi connectivity index (χ1) is 14.5. The van der Waals surface area contributed by atoms with E-state index in [-0.39, 0.29) is 11.9 Å². The van der Waals surface area contributed by atoms with Crippen LogP contribution >= 0.6 is 22.9 Å². The number of ether oxygens (including phenoxy) is 1. The number of morpholine rings is 1. The summed E-state index contributed by atoms with van der Waals surface area (Å²) in [4.78, 5) is 22.2. The summed E-state index contributed by atoms with van der Waals surface area (Å²) < 4.78 is 8.19. The van der Waals surface area contributed by atoms with Gasteiger partial charge in [-0.2, -0.15) is 5.10 Å². The second-order valence-electron chi connectivity index (χ2n) is 7.62. The molecule has 30 heavy (non-hydrogen) atoms. The SMILES string of the molecule is CC(C)n1ccc(C(=O)N(CCCN2CCOCC2)c2nc3c(Cl)cccc3s2)n1. The first kappa shape index (κ1) is 21.2. The average Bonchev–Trinajstić information content (AvgIpc) is 3.40. The van der Waals surface area contributed by atoms with E-state index in [2.05, 4.69) is 15.0 Å². The number of amides is 1. The summed E-state index contributed by atoms with van der Waals surface area (Å²) in [5.41, 5.74) is 1.17. The second kappa shape index (κ2) is 9.43. The monoisotopic (exact) mass is 447 g/mol. The number of hydrogen-bond donors (Lipinski definition) is 0. The highest BCUT2D eigenvalue weighted by Crippen LogP contribution is 2.33. The van der Waals surface area contributed by atoms with E-state index in [1.54, 1.807) is 15.6 Å². The first-order valence-corrected chi connectivity index (χ1v) is 11.4. The molecule has 0 spiro atoms. The molecule has 0 N–H and O–H groups in total. The molecule has 3 heterocycles. The van der Waals surface area contributed by atoms with Gasteiger partial charge in [-0.1, -0.05) is 29.0 Å². The molecule has 1 aliphatic rings. The number of para-hydroxylation sites is 1. The van der Waals surface area contributed by atoms with Crippen molar-refractivity contribution in [2.24, 2.45) is 0 Å². The Hall–Kier alpha value is -2.00. The predicted molar refractivity (Wildman–Crippen MR) is 121 cm³/mol. The van der Waals surface area contributed by atoms with Crippen LogP contribution in [0.5, 0.6) is 0 Å². The summed E-state index contributed by atoms with van der Waals surface area (Å²) in [5.74, 6) is -0.133. The van der Waals surface area contributed by atoms with E-state index < -0.39 is 0 Å². The normalized spacial score (nSPS) is 15.2. The molecule has 1 aliphatic heterocycles. The minimum atomic E-state index is -0.133. The topological polar surface area (TPSA) is 63.5 Å². The molecule has 4 rings (SSSR count). The van der Waals surface area contributed by atoms with Gasteiger partial charge in [0.15, 0.2) is 10.8 Å². The van der Waals surface area contributed by atoms with Crippen molar-refractivity contribution in [3.63, 3.8) is 0 Å². The Labute approximate surface area is 185 Å². The molecule has 0 atom stereocenters. The van der Waals surface area contributed by atoms with E-state index in [0.29, 0.717) is 22.4 Å². The molecule has 1 amide bonds. The van der Waals surface area contributed by atoms with Gasteiger partial charge in [0, 0.05) is 38.4 Å². The standard InChI is InChI=1S/C21H26ClN5O2S/c1-15(2)27-10-7-17(24-27)20(28)26(9-4-8-25-11-13-29-14-12-25)21-23-19-16(22)5-3-6-18(19)30-21/h3,5-7,10,15H,4,8-9,11-14H2,1-2H3. The number of halogens is 1.